The van der Waals surface area contributed by atoms with Gasteiger partial charge in [0.1, 0.15) is 17.3 Å². The molecule has 0 amide bonds. The molecule has 0 aliphatic heterocycles. The normalized spacial score (nSPS) is 10.9. The van der Waals surface area contributed by atoms with Crippen LogP contribution in [0.4, 0.5) is 0 Å². The Morgan fingerprint density at radius 1 is 1.22 bits per heavy atom. The summed E-state index contributed by atoms with van der Waals surface area (Å²) in [7, 11) is 0. The lowest BCUT2D eigenvalue weighted by molar-refractivity contribution is -0.116. The van der Waals surface area contributed by atoms with Crippen LogP contribution in [0.15, 0.2) is 46.2 Å². The van der Waals surface area contributed by atoms with Crippen LogP contribution in [0.5, 0.6) is 0 Å². The molecular formula is C15H12O2S. The Kier molecular flexibility index (Phi) is 2.76. The van der Waals surface area contributed by atoms with Crippen LogP contribution < -0.4 is 0 Å². The van der Waals surface area contributed by atoms with Gasteiger partial charge in [0, 0.05) is 10.3 Å². The summed E-state index contributed by atoms with van der Waals surface area (Å²) in [6.45, 7) is 1.57. The van der Waals surface area contributed by atoms with E-state index in [4.69, 9.17) is 4.42 Å². The molecule has 3 heteroatoms. The molecule has 1 aromatic carbocycles. The number of hydrogen-bond donors (Lipinski definition) is 0. The predicted molar refractivity (Wildman–Crippen MR) is 73.9 cm³/mol. The summed E-state index contributed by atoms with van der Waals surface area (Å²) < 4.78 is 6.96. The van der Waals surface area contributed by atoms with Crippen LogP contribution in [-0.4, -0.2) is 5.78 Å². The second-order valence-electron chi connectivity index (χ2n) is 4.32. The summed E-state index contributed by atoms with van der Waals surface area (Å²) in [4.78, 5) is 11.0. The van der Waals surface area contributed by atoms with E-state index in [1.807, 2.05) is 12.1 Å². The van der Waals surface area contributed by atoms with Crippen molar-refractivity contribution in [1.82, 2.24) is 0 Å². The molecule has 2 nitrogen and oxygen atoms in total. The number of fused-ring (bicyclic) bond motifs is 1. The molecule has 0 spiro atoms. The van der Waals surface area contributed by atoms with Crippen molar-refractivity contribution in [2.45, 2.75) is 13.3 Å². The fourth-order valence-corrected chi connectivity index (χ4v) is 2.76. The SMILES string of the molecule is CC(=O)Cc1ccc(-c2ccc3sccc3c2)o1. The maximum atomic E-state index is 11.0. The highest BCUT2D eigenvalue weighted by molar-refractivity contribution is 7.17. The zero-order chi connectivity index (χ0) is 12.5. The molecule has 0 radical (unpaired) electrons. The Labute approximate surface area is 109 Å². The van der Waals surface area contributed by atoms with Gasteiger partial charge in [-0.2, -0.15) is 0 Å². The first kappa shape index (κ1) is 11.2. The van der Waals surface area contributed by atoms with Gasteiger partial charge in [-0.15, -0.1) is 11.3 Å². The molecule has 0 saturated carbocycles. The highest BCUT2D eigenvalue weighted by Gasteiger charge is 2.07. The van der Waals surface area contributed by atoms with Gasteiger partial charge in [-0.1, -0.05) is 0 Å². The zero-order valence-corrected chi connectivity index (χ0v) is 10.8. The zero-order valence-electron chi connectivity index (χ0n) is 9.97. The van der Waals surface area contributed by atoms with Crippen molar-refractivity contribution >= 4 is 27.2 Å². The second kappa shape index (κ2) is 4.42. The molecule has 3 rings (SSSR count). The highest BCUT2D eigenvalue weighted by atomic mass is 32.1. The third-order valence-corrected chi connectivity index (χ3v) is 3.72. The van der Waals surface area contributed by atoms with Crippen molar-refractivity contribution in [3.8, 4) is 11.3 Å². The van der Waals surface area contributed by atoms with E-state index in [0.717, 1.165) is 17.1 Å². The standard InChI is InChI=1S/C15H12O2S/c1-10(16)8-13-3-4-14(17-13)11-2-5-15-12(9-11)6-7-18-15/h2-7,9H,8H2,1H3. The number of hydrogen-bond acceptors (Lipinski definition) is 3. The number of benzene rings is 1. The highest BCUT2D eigenvalue weighted by Crippen LogP contribution is 2.28. The number of furan rings is 1. The molecule has 3 aromatic rings. The van der Waals surface area contributed by atoms with Gasteiger partial charge in [-0.3, -0.25) is 4.79 Å². The first-order chi connectivity index (χ1) is 8.72. The van der Waals surface area contributed by atoms with Crippen molar-refractivity contribution in [2.75, 3.05) is 0 Å². The topological polar surface area (TPSA) is 30.2 Å². The van der Waals surface area contributed by atoms with Crippen LogP contribution in [-0.2, 0) is 11.2 Å². The number of thiophene rings is 1. The van der Waals surface area contributed by atoms with Gasteiger partial charge in [-0.05, 0) is 54.1 Å². The molecular weight excluding hydrogens is 244 g/mol. The molecule has 0 bridgehead atoms. The van der Waals surface area contributed by atoms with Crippen LogP contribution in [0, 0.1) is 0 Å². The van der Waals surface area contributed by atoms with Gasteiger partial charge in [0.05, 0.1) is 6.42 Å². The van der Waals surface area contributed by atoms with Gasteiger partial charge in [0.25, 0.3) is 0 Å². The van der Waals surface area contributed by atoms with Gasteiger partial charge in [0.2, 0.25) is 0 Å². The Hall–Kier alpha value is -1.87. The number of ketones is 1. The van der Waals surface area contributed by atoms with E-state index in [0.29, 0.717) is 6.42 Å². The van der Waals surface area contributed by atoms with Gasteiger partial charge >= 0.3 is 0 Å². The summed E-state index contributed by atoms with van der Waals surface area (Å²) in [5, 5.41) is 3.31. The second-order valence-corrected chi connectivity index (χ2v) is 5.27. The Balaban J connectivity index is 1.97. The van der Waals surface area contributed by atoms with E-state index in [2.05, 4.69) is 29.6 Å². The molecule has 90 valence electrons. The fraction of sp³-hybridized carbons (Fsp3) is 0.133. The molecule has 0 unspecified atom stereocenters. The van der Waals surface area contributed by atoms with E-state index >= 15 is 0 Å². The quantitative estimate of drug-likeness (QED) is 0.699. The predicted octanol–water partition coefficient (Wildman–Crippen LogP) is 4.29. The minimum atomic E-state index is 0.115. The van der Waals surface area contributed by atoms with Crippen LogP contribution in [0.1, 0.15) is 12.7 Å². The third kappa shape index (κ3) is 2.09. The van der Waals surface area contributed by atoms with Crippen molar-refractivity contribution in [1.29, 1.82) is 0 Å². The molecule has 0 atom stereocenters. The summed E-state index contributed by atoms with van der Waals surface area (Å²) in [6, 6.07) is 12.2. The van der Waals surface area contributed by atoms with Crippen LogP contribution in [0.2, 0.25) is 0 Å². The van der Waals surface area contributed by atoms with Gasteiger partial charge in [0.15, 0.2) is 0 Å². The van der Waals surface area contributed by atoms with Crippen molar-refractivity contribution < 1.29 is 9.21 Å². The van der Waals surface area contributed by atoms with Crippen molar-refractivity contribution in [3.05, 3.63) is 47.5 Å². The van der Waals surface area contributed by atoms with Crippen molar-refractivity contribution in [3.63, 3.8) is 0 Å². The molecule has 0 fully saturated rings. The van der Waals surface area contributed by atoms with Gasteiger partial charge in [-0.25, -0.2) is 0 Å². The number of Topliss-reactive ketones (excluding diaryl/α,β-unsaturated/α-hetero) is 1. The van der Waals surface area contributed by atoms with Gasteiger partial charge < -0.3 is 4.42 Å². The Bertz CT molecular complexity index is 706. The molecule has 0 aliphatic carbocycles. The minimum absolute atomic E-state index is 0.115. The van der Waals surface area contributed by atoms with Crippen LogP contribution in [0.25, 0.3) is 21.4 Å². The smallest absolute Gasteiger partial charge is 0.137 e. The van der Waals surface area contributed by atoms with Crippen LogP contribution >= 0.6 is 11.3 Å². The lowest BCUT2D eigenvalue weighted by Crippen LogP contribution is -1.93. The minimum Gasteiger partial charge on any atom is -0.461 e. The molecule has 0 saturated heterocycles. The maximum Gasteiger partial charge on any atom is 0.137 e. The van der Waals surface area contributed by atoms with E-state index < -0.39 is 0 Å². The monoisotopic (exact) mass is 256 g/mol. The molecule has 0 N–H and O–H groups in total. The number of carbonyl (C=O) groups excluding carboxylic acids is 1. The fourth-order valence-electron chi connectivity index (χ4n) is 1.99. The van der Waals surface area contributed by atoms with E-state index in [9.17, 15) is 4.79 Å². The average Bonchev–Trinajstić information content (AvgIpc) is 2.95. The lowest BCUT2D eigenvalue weighted by Gasteiger charge is -1.97. The average molecular weight is 256 g/mol. The van der Waals surface area contributed by atoms with E-state index in [-0.39, 0.29) is 5.78 Å². The summed E-state index contributed by atoms with van der Waals surface area (Å²) in [6.07, 6.45) is 0.362. The largest absolute Gasteiger partial charge is 0.461 e. The van der Waals surface area contributed by atoms with Crippen LogP contribution in [0.3, 0.4) is 0 Å². The Morgan fingerprint density at radius 3 is 2.94 bits per heavy atom. The first-order valence-electron chi connectivity index (χ1n) is 5.78. The van der Waals surface area contributed by atoms with E-state index in [1.54, 1.807) is 18.3 Å². The molecule has 18 heavy (non-hydrogen) atoms. The lowest BCUT2D eigenvalue weighted by atomic mass is 10.1. The third-order valence-electron chi connectivity index (χ3n) is 2.82. The number of rotatable bonds is 3. The number of carbonyl (C=O) groups is 1. The molecule has 2 heterocycles. The van der Waals surface area contributed by atoms with E-state index in [1.165, 1.54) is 10.1 Å². The first-order valence-corrected chi connectivity index (χ1v) is 6.66. The summed E-state index contributed by atoms with van der Waals surface area (Å²) >= 11 is 1.73. The Morgan fingerprint density at radius 2 is 2.11 bits per heavy atom. The summed E-state index contributed by atoms with van der Waals surface area (Å²) in [5.41, 5.74) is 1.05. The molecule has 2 aromatic heterocycles. The molecule has 0 aliphatic rings. The summed E-state index contributed by atoms with van der Waals surface area (Å²) in [5.74, 6) is 1.66. The van der Waals surface area contributed by atoms with Crippen molar-refractivity contribution in [2.24, 2.45) is 0 Å². The maximum absolute atomic E-state index is 11.0.